The van der Waals surface area contributed by atoms with Gasteiger partial charge in [0.25, 0.3) is 0 Å². The maximum atomic E-state index is 8.42. The standard InChI is InChI=1S/C11H12N4S2/c12-5-2-1-3-6-17-11-14-9(13)8-4-7-16-10(8)15-11/h4,7H,1-3,6H2,(H2,13,14,15). The minimum atomic E-state index is 0.552. The molecule has 2 aromatic rings. The van der Waals surface area contributed by atoms with Crippen molar-refractivity contribution in [2.45, 2.75) is 24.4 Å². The zero-order chi connectivity index (χ0) is 12.1. The number of nitriles is 1. The van der Waals surface area contributed by atoms with Gasteiger partial charge in [0.1, 0.15) is 10.6 Å². The topological polar surface area (TPSA) is 75.6 Å². The fourth-order valence-electron chi connectivity index (χ4n) is 1.39. The van der Waals surface area contributed by atoms with Crippen LogP contribution in [0.1, 0.15) is 19.3 Å². The van der Waals surface area contributed by atoms with Crippen LogP contribution in [0.25, 0.3) is 10.2 Å². The highest BCUT2D eigenvalue weighted by atomic mass is 32.2. The Morgan fingerprint density at radius 3 is 3.12 bits per heavy atom. The third-order valence-corrected chi connectivity index (χ3v) is 3.99. The van der Waals surface area contributed by atoms with Crippen LogP contribution in [0.3, 0.4) is 0 Å². The second-order valence-corrected chi connectivity index (χ2v) is 5.45. The van der Waals surface area contributed by atoms with E-state index in [1.54, 1.807) is 23.1 Å². The monoisotopic (exact) mass is 264 g/mol. The van der Waals surface area contributed by atoms with Crippen molar-refractivity contribution in [2.24, 2.45) is 0 Å². The number of hydrogen-bond donors (Lipinski definition) is 1. The van der Waals surface area contributed by atoms with Crippen LogP contribution in [0.15, 0.2) is 16.6 Å². The molecule has 88 valence electrons. The Hall–Kier alpha value is -1.32. The summed E-state index contributed by atoms with van der Waals surface area (Å²) in [5, 5.41) is 12.1. The third-order valence-electron chi connectivity index (χ3n) is 2.25. The molecule has 0 aliphatic rings. The molecule has 4 nitrogen and oxygen atoms in total. The molecule has 2 N–H and O–H groups in total. The van der Waals surface area contributed by atoms with Crippen LogP contribution >= 0.6 is 23.1 Å². The summed E-state index contributed by atoms with van der Waals surface area (Å²) in [6.07, 6.45) is 2.55. The first-order valence-electron chi connectivity index (χ1n) is 5.31. The van der Waals surface area contributed by atoms with Crippen molar-refractivity contribution in [3.05, 3.63) is 11.4 Å². The van der Waals surface area contributed by atoms with E-state index in [4.69, 9.17) is 11.0 Å². The molecule has 0 aliphatic heterocycles. The van der Waals surface area contributed by atoms with Gasteiger partial charge in [-0.15, -0.1) is 11.3 Å². The second kappa shape index (κ2) is 5.84. The first-order valence-corrected chi connectivity index (χ1v) is 7.18. The number of aromatic nitrogens is 2. The van der Waals surface area contributed by atoms with Crippen molar-refractivity contribution in [1.82, 2.24) is 9.97 Å². The average Bonchev–Trinajstić information content (AvgIpc) is 2.77. The Bertz CT molecular complexity index is 544. The summed E-state index contributed by atoms with van der Waals surface area (Å²) in [5.74, 6) is 1.48. The van der Waals surface area contributed by atoms with Gasteiger partial charge in [0, 0.05) is 12.2 Å². The van der Waals surface area contributed by atoms with Crippen LogP contribution < -0.4 is 5.73 Å². The molecule has 2 rings (SSSR count). The maximum Gasteiger partial charge on any atom is 0.190 e. The largest absolute Gasteiger partial charge is 0.383 e. The zero-order valence-corrected chi connectivity index (χ0v) is 10.9. The predicted octanol–water partition coefficient (Wildman–Crippen LogP) is 3.06. The average molecular weight is 264 g/mol. The lowest BCUT2D eigenvalue weighted by Crippen LogP contribution is -1.95. The summed E-state index contributed by atoms with van der Waals surface area (Å²) in [6.45, 7) is 0. The summed E-state index contributed by atoms with van der Waals surface area (Å²) < 4.78 is 0. The number of thiophene rings is 1. The van der Waals surface area contributed by atoms with Gasteiger partial charge in [-0.1, -0.05) is 11.8 Å². The Kier molecular flexibility index (Phi) is 4.18. The molecular formula is C11H12N4S2. The van der Waals surface area contributed by atoms with Crippen LogP contribution in [0.5, 0.6) is 0 Å². The molecule has 0 fully saturated rings. The van der Waals surface area contributed by atoms with E-state index in [2.05, 4.69) is 16.0 Å². The zero-order valence-electron chi connectivity index (χ0n) is 9.22. The Balaban J connectivity index is 1.97. The van der Waals surface area contributed by atoms with Gasteiger partial charge < -0.3 is 5.73 Å². The van der Waals surface area contributed by atoms with E-state index >= 15 is 0 Å². The SMILES string of the molecule is N#CCCCCSc1nc(N)c2ccsc2n1. The fourth-order valence-corrected chi connectivity index (χ4v) is 3.07. The Morgan fingerprint density at radius 2 is 2.29 bits per heavy atom. The highest BCUT2D eigenvalue weighted by Gasteiger charge is 2.06. The van der Waals surface area contributed by atoms with Crippen molar-refractivity contribution in [3.8, 4) is 6.07 Å². The van der Waals surface area contributed by atoms with E-state index in [9.17, 15) is 0 Å². The lowest BCUT2D eigenvalue weighted by atomic mass is 10.3. The van der Waals surface area contributed by atoms with E-state index in [0.717, 1.165) is 34.0 Å². The lowest BCUT2D eigenvalue weighted by molar-refractivity contribution is 0.828. The van der Waals surface area contributed by atoms with E-state index in [1.165, 1.54) is 0 Å². The van der Waals surface area contributed by atoms with E-state index in [-0.39, 0.29) is 0 Å². The van der Waals surface area contributed by atoms with Gasteiger partial charge in [-0.2, -0.15) is 5.26 Å². The predicted molar refractivity (Wildman–Crippen MR) is 72.0 cm³/mol. The molecule has 17 heavy (non-hydrogen) atoms. The van der Waals surface area contributed by atoms with Gasteiger partial charge >= 0.3 is 0 Å². The molecule has 2 aromatic heterocycles. The number of nitrogens with zero attached hydrogens (tertiary/aromatic N) is 3. The minimum absolute atomic E-state index is 0.552. The number of hydrogen-bond acceptors (Lipinski definition) is 6. The van der Waals surface area contributed by atoms with E-state index < -0.39 is 0 Å². The van der Waals surface area contributed by atoms with E-state index in [0.29, 0.717) is 12.2 Å². The molecule has 0 amide bonds. The van der Waals surface area contributed by atoms with Crippen molar-refractivity contribution in [1.29, 1.82) is 5.26 Å². The molecule has 6 heteroatoms. The number of nitrogen functional groups attached to an aromatic ring is 1. The smallest absolute Gasteiger partial charge is 0.190 e. The van der Waals surface area contributed by atoms with E-state index in [1.807, 2.05) is 11.4 Å². The van der Waals surface area contributed by atoms with Gasteiger partial charge in [-0.05, 0) is 24.3 Å². The van der Waals surface area contributed by atoms with Gasteiger partial charge in [0.2, 0.25) is 0 Å². The fraction of sp³-hybridized carbons (Fsp3) is 0.364. The van der Waals surface area contributed by atoms with Gasteiger partial charge in [0.15, 0.2) is 5.16 Å². The van der Waals surface area contributed by atoms with Gasteiger partial charge in [-0.25, -0.2) is 9.97 Å². The molecule has 0 radical (unpaired) electrons. The Morgan fingerprint density at radius 1 is 1.41 bits per heavy atom. The normalized spacial score (nSPS) is 10.5. The minimum Gasteiger partial charge on any atom is -0.383 e. The number of rotatable bonds is 5. The van der Waals surface area contributed by atoms with Crippen LogP contribution in [-0.2, 0) is 0 Å². The van der Waals surface area contributed by atoms with Crippen molar-refractivity contribution in [3.63, 3.8) is 0 Å². The second-order valence-electron chi connectivity index (χ2n) is 3.49. The van der Waals surface area contributed by atoms with Crippen molar-refractivity contribution in [2.75, 3.05) is 11.5 Å². The van der Waals surface area contributed by atoms with Crippen LogP contribution in [0, 0.1) is 11.3 Å². The van der Waals surface area contributed by atoms with Crippen LogP contribution in [0.4, 0.5) is 5.82 Å². The van der Waals surface area contributed by atoms with Crippen LogP contribution in [0.2, 0.25) is 0 Å². The molecule has 0 bridgehead atoms. The number of fused-ring (bicyclic) bond motifs is 1. The first kappa shape index (κ1) is 12.1. The Labute approximate surface area is 108 Å². The summed E-state index contributed by atoms with van der Waals surface area (Å²) in [7, 11) is 0. The number of nitrogens with two attached hydrogens (primary N) is 1. The lowest BCUT2D eigenvalue weighted by Gasteiger charge is -2.01. The summed E-state index contributed by atoms with van der Waals surface area (Å²) >= 11 is 3.17. The molecule has 0 spiro atoms. The highest BCUT2D eigenvalue weighted by molar-refractivity contribution is 7.99. The van der Waals surface area contributed by atoms with Crippen molar-refractivity contribution >= 4 is 39.1 Å². The summed E-state index contributed by atoms with van der Waals surface area (Å²) in [6, 6.07) is 4.08. The molecule has 0 aliphatic carbocycles. The quantitative estimate of drug-likeness (QED) is 0.510. The number of unbranched alkanes of at least 4 members (excludes halogenated alkanes) is 2. The highest BCUT2D eigenvalue weighted by Crippen LogP contribution is 2.26. The summed E-state index contributed by atoms with van der Waals surface area (Å²) in [5.41, 5.74) is 5.85. The molecular weight excluding hydrogens is 252 g/mol. The number of thioether (sulfide) groups is 1. The van der Waals surface area contributed by atoms with Crippen molar-refractivity contribution < 1.29 is 0 Å². The molecule has 0 saturated carbocycles. The molecule has 2 heterocycles. The number of anilines is 1. The first-order chi connectivity index (χ1) is 8.31. The third kappa shape index (κ3) is 3.08. The molecule has 0 unspecified atom stereocenters. The molecule has 0 atom stereocenters. The summed E-state index contributed by atoms with van der Waals surface area (Å²) in [4.78, 5) is 9.64. The molecule has 0 aromatic carbocycles. The van der Waals surface area contributed by atoms with Gasteiger partial charge in [0.05, 0.1) is 11.5 Å². The van der Waals surface area contributed by atoms with Gasteiger partial charge in [-0.3, -0.25) is 0 Å². The van der Waals surface area contributed by atoms with Crippen LogP contribution in [-0.4, -0.2) is 15.7 Å². The maximum absolute atomic E-state index is 8.42. The molecule has 0 saturated heterocycles.